The van der Waals surface area contributed by atoms with E-state index in [2.05, 4.69) is 15.6 Å². The van der Waals surface area contributed by atoms with Crippen molar-refractivity contribution in [3.63, 3.8) is 0 Å². The average Bonchev–Trinajstić information content (AvgIpc) is 3.19. The number of aliphatic imine (C=N–C) groups is 1. The lowest BCUT2D eigenvalue weighted by molar-refractivity contribution is -0.129. The molecule has 2 aliphatic rings. The number of amidine groups is 1. The summed E-state index contributed by atoms with van der Waals surface area (Å²) in [5.41, 5.74) is 0.324. The summed E-state index contributed by atoms with van der Waals surface area (Å²) in [5.74, 6) is -2.21. The van der Waals surface area contributed by atoms with E-state index in [1.807, 2.05) is 0 Å². The van der Waals surface area contributed by atoms with Crippen molar-refractivity contribution in [3.8, 4) is 0 Å². The zero-order chi connectivity index (χ0) is 14.1. The van der Waals surface area contributed by atoms with Crippen LogP contribution in [0.2, 0.25) is 0 Å². The molecule has 1 atom stereocenters. The van der Waals surface area contributed by atoms with E-state index in [9.17, 15) is 14.0 Å². The number of rotatable bonds is 4. The van der Waals surface area contributed by atoms with Crippen molar-refractivity contribution in [2.75, 3.05) is 6.54 Å². The zero-order valence-corrected chi connectivity index (χ0v) is 10.7. The van der Waals surface area contributed by atoms with Gasteiger partial charge in [-0.15, -0.1) is 0 Å². The third kappa shape index (κ3) is 2.75. The zero-order valence-electron chi connectivity index (χ0n) is 10.7. The van der Waals surface area contributed by atoms with Crippen molar-refractivity contribution in [1.29, 1.82) is 0 Å². The summed E-state index contributed by atoms with van der Waals surface area (Å²) in [6.07, 6.45) is 2.22. The molecule has 1 aromatic rings. The highest BCUT2D eigenvalue weighted by Crippen LogP contribution is 2.22. The number of hydrogen-bond donors (Lipinski definition) is 2. The fourth-order valence-electron chi connectivity index (χ4n) is 2.14. The van der Waals surface area contributed by atoms with Gasteiger partial charge in [-0.25, -0.2) is 4.39 Å². The first-order valence-corrected chi connectivity index (χ1v) is 6.54. The summed E-state index contributed by atoms with van der Waals surface area (Å²) >= 11 is 0. The average molecular weight is 275 g/mol. The minimum atomic E-state index is -1.06. The molecule has 6 heteroatoms. The summed E-state index contributed by atoms with van der Waals surface area (Å²) in [6, 6.07) is 5.94. The van der Waals surface area contributed by atoms with Gasteiger partial charge in [0.05, 0.1) is 6.54 Å². The van der Waals surface area contributed by atoms with Crippen molar-refractivity contribution in [2.24, 2.45) is 4.99 Å². The van der Waals surface area contributed by atoms with Crippen molar-refractivity contribution in [1.82, 2.24) is 10.6 Å². The fraction of sp³-hybridized carbons (Fsp3) is 0.357. The summed E-state index contributed by atoms with van der Waals surface area (Å²) in [7, 11) is 0. The molecule has 5 nitrogen and oxygen atoms in total. The van der Waals surface area contributed by atoms with Gasteiger partial charge in [-0.05, 0) is 30.5 Å². The van der Waals surface area contributed by atoms with Gasteiger partial charge in [-0.2, -0.15) is 4.99 Å². The van der Waals surface area contributed by atoms with Gasteiger partial charge in [0, 0.05) is 6.04 Å². The van der Waals surface area contributed by atoms with Crippen LogP contribution in [0, 0.1) is 5.82 Å². The lowest BCUT2D eigenvalue weighted by atomic mass is 9.96. The summed E-state index contributed by atoms with van der Waals surface area (Å²) in [5, 5.41) is 5.78. The van der Waals surface area contributed by atoms with E-state index in [4.69, 9.17) is 0 Å². The smallest absolute Gasteiger partial charge is 0.264 e. The maximum absolute atomic E-state index is 13.2. The molecule has 0 radical (unpaired) electrons. The van der Waals surface area contributed by atoms with Crippen molar-refractivity contribution < 1.29 is 14.0 Å². The van der Waals surface area contributed by atoms with Gasteiger partial charge >= 0.3 is 0 Å². The molecule has 0 saturated heterocycles. The summed E-state index contributed by atoms with van der Waals surface area (Å²) in [6.45, 7) is 0.373. The molecule has 1 heterocycles. The van der Waals surface area contributed by atoms with Gasteiger partial charge < -0.3 is 10.6 Å². The van der Waals surface area contributed by atoms with Gasteiger partial charge in [0.15, 0.2) is 0 Å². The lowest BCUT2D eigenvalue weighted by Crippen LogP contribution is -2.46. The topological polar surface area (TPSA) is 70.6 Å². The molecule has 0 aromatic heterocycles. The molecule has 2 N–H and O–H groups in total. The third-order valence-corrected chi connectivity index (χ3v) is 3.34. The van der Waals surface area contributed by atoms with Crippen molar-refractivity contribution in [2.45, 2.75) is 24.8 Å². The van der Waals surface area contributed by atoms with Gasteiger partial charge in [0.25, 0.3) is 5.91 Å². The Morgan fingerprint density at radius 3 is 2.80 bits per heavy atom. The van der Waals surface area contributed by atoms with E-state index >= 15 is 0 Å². The number of amides is 2. The second kappa shape index (κ2) is 5.13. The predicted octanol–water partition coefficient (Wildman–Crippen LogP) is 0.716. The molecule has 1 aliphatic heterocycles. The second-order valence-electron chi connectivity index (χ2n) is 5.03. The maximum Gasteiger partial charge on any atom is 0.264 e. The molecular formula is C14H14FN3O2. The molecule has 20 heavy (non-hydrogen) atoms. The number of nitrogens with one attached hydrogen (secondary N) is 2. The largest absolute Gasteiger partial charge is 0.312 e. The Labute approximate surface area is 115 Å². The molecule has 104 valence electrons. The highest BCUT2D eigenvalue weighted by Gasteiger charge is 2.33. The number of carbonyl (C=O) groups is 2. The highest BCUT2D eigenvalue weighted by molar-refractivity contribution is 6.19. The quantitative estimate of drug-likeness (QED) is 0.795. The van der Waals surface area contributed by atoms with Crippen LogP contribution in [-0.4, -0.2) is 30.2 Å². The van der Waals surface area contributed by atoms with Crippen LogP contribution in [-0.2, 0) is 9.59 Å². The van der Waals surface area contributed by atoms with E-state index < -0.39 is 23.5 Å². The molecule has 0 spiro atoms. The first-order chi connectivity index (χ1) is 9.63. The first-order valence-electron chi connectivity index (χ1n) is 6.54. The Kier molecular flexibility index (Phi) is 3.31. The van der Waals surface area contributed by atoms with Gasteiger partial charge in [0.1, 0.15) is 17.6 Å². The summed E-state index contributed by atoms with van der Waals surface area (Å²) < 4.78 is 13.2. The second-order valence-corrected chi connectivity index (χ2v) is 5.03. The van der Waals surface area contributed by atoms with Crippen LogP contribution in [0.5, 0.6) is 0 Å². The van der Waals surface area contributed by atoms with Crippen LogP contribution in [0.3, 0.4) is 0 Å². The number of carbonyl (C=O) groups excluding carboxylic acids is 2. The van der Waals surface area contributed by atoms with Crippen LogP contribution in [0.25, 0.3) is 0 Å². The standard InChI is InChI=1S/C14H14FN3O2/c15-9-3-1-2-8(6-9)12-13(19)17-11(18-14(12)20)7-16-10-4-5-10/h1-3,6,10,12,16H,4-5,7H2,(H,17,18,19,20). The van der Waals surface area contributed by atoms with Gasteiger partial charge in [0.2, 0.25) is 5.91 Å². The van der Waals surface area contributed by atoms with Gasteiger partial charge in [-0.1, -0.05) is 12.1 Å². The Hall–Kier alpha value is -2.08. The fourth-order valence-corrected chi connectivity index (χ4v) is 2.14. The Morgan fingerprint density at radius 1 is 1.35 bits per heavy atom. The lowest BCUT2D eigenvalue weighted by Gasteiger charge is -2.20. The molecule has 2 amide bonds. The molecule has 1 unspecified atom stereocenters. The number of benzene rings is 1. The number of hydrogen-bond acceptors (Lipinski definition) is 3. The predicted molar refractivity (Wildman–Crippen MR) is 70.8 cm³/mol. The molecule has 3 rings (SSSR count). The van der Waals surface area contributed by atoms with Crippen LogP contribution in [0.4, 0.5) is 4.39 Å². The van der Waals surface area contributed by atoms with Gasteiger partial charge in [-0.3, -0.25) is 9.59 Å². The molecular weight excluding hydrogens is 261 g/mol. The van der Waals surface area contributed by atoms with E-state index in [0.29, 0.717) is 24.0 Å². The first kappa shape index (κ1) is 12.9. The van der Waals surface area contributed by atoms with Crippen LogP contribution in [0.15, 0.2) is 29.3 Å². The monoisotopic (exact) mass is 275 g/mol. The van der Waals surface area contributed by atoms with Crippen molar-refractivity contribution in [3.05, 3.63) is 35.6 Å². The highest BCUT2D eigenvalue weighted by atomic mass is 19.1. The van der Waals surface area contributed by atoms with E-state index in [0.717, 1.165) is 12.8 Å². The minimum Gasteiger partial charge on any atom is -0.312 e. The van der Waals surface area contributed by atoms with Crippen LogP contribution >= 0.6 is 0 Å². The number of halogens is 1. The normalized spacial score (nSPS) is 22.4. The Balaban J connectivity index is 1.76. The molecule has 1 aromatic carbocycles. The molecule has 1 aliphatic carbocycles. The molecule has 1 fully saturated rings. The van der Waals surface area contributed by atoms with E-state index in [1.54, 1.807) is 6.07 Å². The third-order valence-electron chi connectivity index (χ3n) is 3.34. The van der Waals surface area contributed by atoms with E-state index in [1.165, 1.54) is 18.2 Å². The van der Waals surface area contributed by atoms with Crippen LogP contribution < -0.4 is 10.6 Å². The minimum absolute atomic E-state index is 0.324. The Morgan fingerprint density at radius 2 is 2.15 bits per heavy atom. The van der Waals surface area contributed by atoms with Crippen molar-refractivity contribution >= 4 is 17.6 Å². The molecule has 1 saturated carbocycles. The SMILES string of the molecule is O=C1N=C(CNC2CC2)NC(=O)C1c1cccc(F)c1. The molecule has 0 bridgehead atoms. The van der Waals surface area contributed by atoms with Crippen LogP contribution in [0.1, 0.15) is 24.3 Å². The summed E-state index contributed by atoms with van der Waals surface area (Å²) in [4.78, 5) is 27.9. The maximum atomic E-state index is 13.2. The van der Waals surface area contributed by atoms with E-state index in [-0.39, 0.29) is 0 Å². The Bertz CT molecular complexity index is 596. The number of nitrogens with zero attached hydrogens (tertiary/aromatic N) is 1.